The molecule has 0 spiro atoms. The van der Waals surface area contributed by atoms with Gasteiger partial charge in [0, 0.05) is 5.56 Å². The van der Waals surface area contributed by atoms with Crippen molar-refractivity contribution in [1.29, 1.82) is 0 Å². The molecule has 0 bridgehead atoms. The first-order valence-corrected chi connectivity index (χ1v) is 5.47. The number of rotatable bonds is 2. The minimum absolute atomic E-state index is 0.201. The average Bonchev–Trinajstić information content (AvgIpc) is 2.73. The highest BCUT2D eigenvalue weighted by atomic mass is 19.4. The fourth-order valence-electron chi connectivity index (χ4n) is 1.58. The standard InChI is InChI=1S/C12H9F4N3O/c1-6-5-17-19-10(6)18-11(20)7-3-2-4-8(9(7)13)12(14,15)16/h2-5H,1H3,(H2,17,18,19,20). The van der Waals surface area contributed by atoms with Crippen LogP contribution in [0.2, 0.25) is 0 Å². The number of alkyl halides is 3. The number of hydrogen-bond acceptors (Lipinski definition) is 2. The van der Waals surface area contributed by atoms with Crippen LogP contribution in [-0.4, -0.2) is 16.1 Å². The summed E-state index contributed by atoms with van der Waals surface area (Å²) < 4.78 is 51.4. The molecule has 2 rings (SSSR count). The second kappa shape index (κ2) is 4.95. The number of nitrogens with zero attached hydrogens (tertiary/aromatic N) is 1. The van der Waals surface area contributed by atoms with E-state index in [0.29, 0.717) is 11.6 Å². The molecule has 2 aromatic rings. The monoisotopic (exact) mass is 287 g/mol. The molecule has 0 atom stereocenters. The Morgan fingerprint density at radius 3 is 2.60 bits per heavy atom. The van der Waals surface area contributed by atoms with Crippen molar-refractivity contribution >= 4 is 11.7 Å². The van der Waals surface area contributed by atoms with Gasteiger partial charge in [0.1, 0.15) is 11.6 Å². The lowest BCUT2D eigenvalue weighted by molar-refractivity contribution is -0.140. The third-order valence-corrected chi connectivity index (χ3v) is 2.62. The van der Waals surface area contributed by atoms with E-state index in [1.54, 1.807) is 6.92 Å². The maximum atomic E-state index is 13.7. The summed E-state index contributed by atoms with van der Waals surface area (Å²) >= 11 is 0. The predicted molar refractivity (Wildman–Crippen MR) is 62.7 cm³/mol. The van der Waals surface area contributed by atoms with Crippen LogP contribution in [0, 0.1) is 12.7 Å². The summed E-state index contributed by atoms with van der Waals surface area (Å²) in [4.78, 5) is 11.8. The molecule has 1 aromatic carbocycles. The Bertz CT molecular complexity index is 648. The van der Waals surface area contributed by atoms with Gasteiger partial charge in [-0.1, -0.05) is 6.07 Å². The Morgan fingerprint density at radius 2 is 2.05 bits per heavy atom. The Balaban J connectivity index is 2.34. The number of anilines is 1. The van der Waals surface area contributed by atoms with Gasteiger partial charge in [-0.2, -0.15) is 18.3 Å². The van der Waals surface area contributed by atoms with Gasteiger partial charge < -0.3 is 5.32 Å². The molecular formula is C12H9F4N3O. The van der Waals surface area contributed by atoms with Crippen molar-refractivity contribution in [2.45, 2.75) is 13.1 Å². The van der Waals surface area contributed by atoms with Crippen molar-refractivity contribution in [1.82, 2.24) is 10.2 Å². The van der Waals surface area contributed by atoms with Gasteiger partial charge in [0.25, 0.3) is 5.91 Å². The molecule has 4 nitrogen and oxygen atoms in total. The van der Waals surface area contributed by atoms with Crippen LogP contribution in [-0.2, 0) is 6.18 Å². The van der Waals surface area contributed by atoms with Crippen molar-refractivity contribution in [3.05, 3.63) is 46.9 Å². The third-order valence-electron chi connectivity index (χ3n) is 2.62. The van der Waals surface area contributed by atoms with E-state index in [0.717, 1.165) is 12.1 Å². The second-order valence-electron chi connectivity index (χ2n) is 4.05. The van der Waals surface area contributed by atoms with E-state index in [9.17, 15) is 22.4 Å². The van der Waals surface area contributed by atoms with Crippen molar-refractivity contribution in [2.75, 3.05) is 5.32 Å². The van der Waals surface area contributed by atoms with E-state index >= 15 is 0 Å². The minimum Gasteiger partial charge on any atom is -0.307 e. The van der Waals surface area contributed by atoms with Crippen molar-refractivity contribution < 1.29 is 22.4 Å². The number of nitrogens with one attached hydrogen (secondary N) is 2. The molecule has 0 unspecified atom stereocenters. The van der Waals surface area contributed by atoms with Crippen LogP contribution in [0.3, 0.4) is 0 Å². The van der Waals surface area contributed by atoms with Gasteiger partial charge in [-0.25, -0.2) is 4.39 Å². The number of halogens is 4. The van der Waals surface area contributed by atoms with E-state index in [1.807, 2.05) is 0 Å². The SMILES string of the molecule is Cc1cn[nH]c1NC(=O)c1cccc(C(F)(F)F)c1F. The molecule has 0 radical (unpaired) electrons. The Kier molecular flexibility index (Phi) is 3.47. The van der Waals surface area contributed by atoms with Crippen LogP contribution in [0.4, 0.5) is 23.4 Å². The van der Waals surface area contributed by atoms with Crippen molar-refractivity contribution in [3.63, 3.8) is 0 Å². The summed E-state index contributed by atoms with van der Waals surface area (Å²) in [7, 11) is 0. The number of amides is 1. The van der Waals surface area contributed by atoms with Crippen LogP contribution in [0.15, 0.2) is 24.4 Å². The molecule has 2 N–H and O–H groups in total. The van der Waals surface area contributed by atoms with Gasteiger partial charge in [0.2, 0.25) is 0 Å². The summed E-state index contributed by atoms with van der Waals surface area (Å²) in [6, 6.07) is 2.53. The molecule has 0 saturated heterocycles. The Labute approximate surface area is 110 Å². The van der Waals surface area contributed by atoms with Gasteiger partial charge in [-0.3, -0.25) is 9.89 Å². The van der Waals surface area contributed by atoms with Gasteiger partial charge in [0.05, 0.1) is 17.3 Å². The average molecular weight is 287 g/mol. The summed E-state index contributed by atoms with van der Waals surface area (Å²) in [5, 5.41) is 8.34. The van der Waals surface area contributed by atoms with Crippen LogP contribution in [0.1, 0.15) is 21.5 Å². The van der Waals surface area contributed by atoms with E-state index in [-0.39, 0.29) is 5.82 Å². The lowest BCUT2D eigenvalue weighted by atomic mass is 10.1. The molecular weight excluding hydrogens is 278 g/mol. The maximum absolute atomic E-state index is 13.7. The largest absolute Gasteiger partial charge is 0.419 e. The van der Waals surface area contributed by atoms with Crippen LogP contribution < -0.4 is 5.32 Å². The highest BCUT2D eigenvalue weighted by molar-refractivity contribution is 6.04. The number of aromatic nitrogens is 2. The van der Waals surface area contributed by atoms with Gasteiger partial charge in [-0.15, -0.1) is 0 Å². The fraction of sp³-hybridized carbons (Fsp3) is 0.167. The topological polar surface area (TPSA) is 57.8 Å². The molecule has 0 aliphatic heterocycles. The number of aryl methyl sites for hydroxylation is 1. The summed E-state index contributed by atoms with van der Waals surface area (Å²) in [6.07, 6.45) is -3.44. The first-order valence-electron chi connectivity index (χ1n) is 5.47. The minimum atomic E-state index is -4.86. The van der Waals surface area contributed by atoms with E-state index in [4.69, 9.17) is 0 Å². The lowest BCUT2D eigenvalue weighted by Gasteiger charge is -2.11. The molecule has 1 aromatic heterocycles. The quantitative estimate of drug-likeness (QED) is 0.834. The molecule has 0 saturated carbocycles. The highest BCUT2D eigenvalue weighted by Gasteiger charge is 2.35. The van der Waals surface area contributed by atoms with Crippen LogP contribution in [0.5, 0.6) is 0 Å². The first kappa shape index (κ1) is 14.0. The van der Waals surface area contributed by atoms with Gasteiger partial charge in [0.15, 0.2) is 0 Å². The lowest BCUT2D eigenvalue weighted by Crippen LogP contribution is -2.18. The molecule has 1 heterocycles. The normalized spacial score (nSPS) is 11.4. The van der Waals surface area contributed by atoms with E-state index in [1.165, 1.54) is 6.20 Å². The molecule has 20 heavy (non-hydrogen) atoms. The van der Waals surface area contributed by atoms with E-state index in [2.05, 4.69) is 15.5 Å². The van der Waals surface area contributed by atoms with Crippen molar-refractivity contribution in [2.24, 2.45) is 0 Å². The summed E-state index contributed by atoms with van der Waals surface area (Å²) in [5.74, 6) is -2.39. The predicted octanol–water partition coefficient (Wildman–Crippen LogP) is 3.13. The molecule has 0 aliphatic rings. The summed E-state index contributed by atoms with van der Waals surface area (Å²) in [6.45, 7) is 1.63. The number of carbonyl (C=O) groups excluding carboxylic acids is 1. The number of aromatic amines is 1. The molecule has 0 aliphatic carbocycles. The first-order chi connectivity index (χ1) is 9.30. The zero-order valence-corrected chi connectivity index (χ0v) is 10.2. The third kappa shape index (κ3) is 2.63. The Hall–Kier alpha value is -2.38. The fourth-order valence-corrected chi connectivity index (χ4v) is 1.58. The number of benzene rings is 1. The number of hydrogen-bond donors (Lipinski definition) is 2. The molecule has 8 heteroatoms. The van der Waals surface area contributed by atoms with E-state index < -0.39 is 29.0 Å². The Morgan fingerprint density at radius 1 is 1.35 bits per heavy atom. The van der Waals surface area contributed by atoms with Gasteiger partial charge >= 0.3 is 6.18 Å². The smallest absolute Gasteiger partial charge is 0.307 e. The molecule has 0 fully saturated rings. The molecule has 1 amide bonds. The summed E-state index contributed by atoms with van der Waals surface area (Å²) in [5.41, 5.74) is -1.59. The highest BCUT2D eigenvalue weighted by Crippen LogP contribution is 2.32. The zero-order valence-electron chi connectivity index (χ0n) is 10.2. The maximum Gasteiger partial charge on any atom is 0.419 e. The van der Waals surface area contributed by atoms with Crippen LogP contribution in [0.25, 0.3) is 0 Å². The number of carbonyl (C=O) groups is 1. The molecule has 106 valence electrons. The van der Waals surface area contributed by atoms with Crippen LogP contribution >= 0.6 is 0 Å². The van der Waals surface area contributed by atoms with Gasteiger partial charge in [-0.05, 0) is 19.1 Å². The van der Waals surface area contributed by atoms with Crippen molar-refractivity contribution in [3.8, 4) is 0 Å². The number of H-pyrrole nitrogens is 1. The zero-order chi connectivity index (χ0) is 14.9. The second-order valence-corrected chi connectivity index (χ2v) is 4.05.